The molecule has 1 fully saturated rings. The lowest BCUT2D eigenvalue weighted by Crippen LogP contribution is -2.53. The molecule has 20 heavy (non-hydrogen) atoms. The largest absolute Gasteiger partial charge is 0.352 e. The zero-order chi connectivity index (χ0) is 15.7. The molecule has 1 saturated heterocycles. The van der Waals surface area contributed by atoms with Crippen molar-refractivity contribution in [1.82, 2.24) is 15.1 Å². The fourth-order valence-electron chi connectivity index (χ4n) is 2.42. The van der Waals surface area contributed by atoms with Crippen LogP contribution in [0.5, 0.6) is 0 Å². The standard InChI is InChI=1S/C14H29N3O.C2H6.H2/c1-11(2)14(15-13(5)18)10-16-6-8-17(9-7-16)12(3)4;1-2;/h11-12,14H,6-10H2,1-5H3,(H,15,18);1-2H3;1H/t14-;;/m1../s1. The van der Waals surface area contributed by atoms with E-state index in [-0.39, 0.29) is 13.4 Å². The fourth-order valence-corrected chi connectivity index (χ4v) is 2.42. The van der Waals surface area contributed by atoms with Crippen LogP contribution >= 0.6 is 0 Å². The van der Waals surface area contributed by atoms with Gasteiger partial charge in [-0.3, -0.25) is 14.6 Å². The molecule has 4 heteroatoms. The molecular formula is C16H37N3O. The van der Waals surface area contributed by atoms with Gasteiger partial charge in [-0.15, -0.1) is 0 Å². The number of nitrogens with zero attached hydrogens (tertiary/aromatic N) is 2. The summed E-state index contributed by atoms with van der Waals surface area (Å²) in [6.07, 6.45) is 0. The minimum absolute atomic E-state index is 0. The van der Waals surface area contributed by atoms with Gasteiger partial charge in [0.15, 0.2) is 0 Å². The first-order chi connectivity index (χ1) is 9.40. The molecule has 0 aromatic carbocycles. The highest BCUT2D eigenvalue weighted by Crippen LogP contribution is 2.09. The van der Waals surface area contributed by atoms with Gasteiger partial charge in [0, 0.05) is 53.2 Å². The molecule has 122 valence electrons. The molecule has 0 radical (unpaired) electrons. The third-order valence-corrected chi connectivity index (χ3v) is 3.79. The number of carbonyl (C=O) groups excluding carboxylic acids is 1. The van der Waals surface area contributed by atoms with Crippen molar-refractivity contribution >= 4 is 5.91 Å². The Morgan fingerprint density at radius 1 is 1.10 bits per heavy atom. The molecule has 0 aromatic heterocycles. The minimum atomic E-state index is 0. The normalized spacial score (nSPS) is 18.6. The molecule has 1 aliphatic rings. The molecule has 1 heterocycles. The Bertz CT molecular complexity index is 264. The number of piperazine rings is 1. The van der Waals surface area contributed by atoms with Gasteiger partial charge in [-0.2, -0.15) is 0 Å². The van der Waals surface area contributed by atoms with Gasteiger partial charge < -0.3 is 5.32 Å². The third-order valence-electron chi connectivity index (χ3n) is 3.79. The summed E-state index contributed by atoms with van der Waals surface area (Å²) in [6, 6.07) is 0.913. The molecule has 1 N–H and O–H groups in total. The SMILES string of the molecule is CC.CC(=O)N[C@H](CN1CCN(C(C)C)CC1)C(C)C.[HH]. The lowest BCUT2D eigenvalue weighted by molar-refractivity contribution is -0.120. The Hall–Kier alpha value is -0.610. The maximum absolute atomic E-state index is 11.2. The maximum atomic E-state index is 11.2. The minimum Gasteiger partial charge on any atom is -0.352 e. The second-order valence-electron chi connectivity index (χ2n) is 5.98. The van der Waals surface area contributed by atoms with Gasteiger partial charge >= 0.3 is 0 Å². The average Bonchev–Trinajstić information content (AvgIpc) is 2.40. The average molecular weight is 287 g/mol. The van der Waals surface area contributed by atoms with Crippen LogP contribution in [0.2, 0.25) is 0 Å². The highest BCUT2D eigenvalue weighted by molar-refractivity contribution is 5.73. The number of rotatable bonds is 5. The first-order valence-electron chi connectivity index (χ1n) is 8.13. The molecule has 0 saturated carbocycles. The number of amides is 1. The smallest absolute Gasteiger partial charge is 0.217 e. The summed E-state index contributed by atoms with van der Waals surface area (Å²) in [7, 11) is 0. The van der Waals surface area contributed by atoms with E-state index in [1.807, 2.05) is 13.8 Å². The summed E-state index contributed by atoms with van der Waals surface area (Å²) < 4.78 is 0. The third kappa shape index (κ3) is 7.25. The van der Waals surface area contributed by atoms with Crippen molar-refractivity contribution in [3.05, 3.63) is 0 Å². The summed E-state index contributed by atoms with van der Waals surface area (Å²) in [5, 5.41) is 3.07. The Kier molecular flexibility index (Phi) is 9.86. The van der Waals surface area contributed by atoms with Crippen LogP contribution in [0.3, 0.4) is 0 Å². The van der Waals surface area contributed by atoms with E-state index in [4.69, 9.17) is 0 Å². The van der Waals surface area contributed by atoms with Crippen molar-refractivity contribution in [2.24, 2.45) is 5.92 Å². The van der Waals surface area contributed by atoms with E-state index < -0.39 is 0 Å². The van der Waals surface area contributed by atoms with E-state index in [1.54, 1.807) is 6.92 Å². The lowest BCUT2D eigenvalue weighted by Gasteiger charge is -2.39. The van der Waals surface area contributed by atoms with E-state index in [2.05, 4.69) is 42.8 Å². The van der Waals surface area contributed by atoms with E-state index in [0.29, 0.717) is 12.0 Å². The van der Waals surface area contributed by atoms with Crippen molar-refractivity contribution < 1.29 is 6.22 Å². The topological polar surface area (TPSA) is 35.6 Å². The molecule has 1 rings (SSSR count). The van der Waals surface area contributed by atoms with Crippen LogP contribution < -0.4 is 5.32 Å². The van der Waals surface area contributed by atoms with Gasteiger partial charge in [-0.1, -0.05) is 27.7 Å². The van der Waals surface area contributed by atoms with E-state index in [0.717, 1.165) is 32.7 Å². The predicted molar refractivity (Wildman–Crippen MR) is 89.1 cm³/mol. The van der Waals surface area contributed by atoms with Crippen LogP contribution in [0.15, 0.2) is 0 Å². The maximum Gasteiger partial charge on any atom is 0.217 e. The van der Waals surface area contributed by atoms with Gasteiger partial charge in [0.05, 0.1) is 0 Å². The van der Waals surface area contributed by atoms with Crippen molar-refractivity contribution in [2.45, 2.75) is 60.5 Å². The van der Waals surface area contributed by atoms with Gasteiger partial charge in [0.2, 0.25) is 5.91 Å². The predicted octanol–water partition coefficient (Wildman–Crippen LogP) is 2.45. The van der Waals surface area contributed by atoms with Crippen LogP contribution in [0.25, 0.3) is 0 Å². The molecule has 1 aliphatic heterocycles. The summed E-state index contributed by atoms with van der Waals surface area (Å²) in [5.74, 6) is 0.562. The Morgan fingerprint density at radius 3 is 1.95 bits per heavy atom. The second kappa shape index (κ2) is 10.2. The zero-order valence-electron chi connectivity index (χ0n) is 14.6. The van der Waals surface area contributed by atoms with Gasteiger partial charge in [0.25, 0.3) is 0 Å². The number of nitrogens with one attached hydrogen (secondary N) is 1. The van der Waals surface area contributed by atoms with E-state index >= 15 is 0 Å². The number of carbonyl (C=O) groups is 1. The van der Waals surface area contributed by atoms with Crippen LogP contribution in [-0.2, 0) is 4.79 Å². The molecule has 0 aliphatic carbocycles. The van der Waals surface area contributed by atoms with E-state index in [1.165, 1.54) is 0 Å². The van der Waals surface area contributed by atoms with Gasteiger partial charge in [-0.05, 0) is 19.8 Å². The monoisotopic (exact) mass is 287 g/mol. The molecule has 0 spiro atoms. The summed E-state index contributed by atoms with van der Waals surface area (Å²) >= 11 is 0. The van der Waals surface area contributed by atoms with Gasteiger partial charge in [-0.25, -0.2) is 0 Å². The summed E-state index contributed by atoms with van der Waals surface area (Å²) in [4.78, 5) is 16.2. The quantitative estimate of drug-likeness (QED) is 0.843. The van der Waals surface area contributed by atoms with Crippen molar-refractivity contribution in [3.63, 3.8) is 0 Å². The molecule has 1 amide bonds. The van der Waals surface area contributed by atoms with Gasteiger partial charge in [0.1, 0.15) is 0 Å². The first-order valence-corrected chi connectivity index (χ1v) is 8.13. The van der Waals surface area contributed by atoms with Crippen molar-refractivity contribution in [2.75, 3.05) is 32.7 Å². The fraction of sp³-hybridized carbons (Fsp3) is 0.938. The van der Waals surface area contributed by atoms with Crippen molar-refractivity contribution in [1.29, 1.82) is 0 Å². The van der Waals surface area contributed by atoms with E-state index in [9.17, 15) is 4.79 Å². The molecule has 0 bridgehead atoms. The van der Waals surface area contributed by atoms with Crippen LogP contribution in [-0.4, -0.2) is 60.5 Å². The number of hydrogen-bond acceptors (Lipinski definition) is 3. The first kappa shape index (κ1) is 19.4. The van der Waals surface area contributed by atoms with Crippen molar-refractivity contribution in [3.8, 4) is 0 Å². The molecule has 4 nitrogen and oxygen atoms in total. The summed E-state index contributed by atoms with van der Waals surface area (Å²) in [5.41, 5.74) is 0. The highest BCUT2D eigenvalue weighted by Gasteiger charge is 2.23. The molecular weight excluding hydrogens is 250 g/mol. The molecule has 0 aromatic rings. The Labute approximate surface area is 127 Å². The Balaban J connectivity index is 0. The Morgan fingerprint density at radius 2 is 1.60 bits per heavy atom. The number of hydrogen-bond donors (Lipinski definition) is 1. The van der Waals surface area contributed by atoms with Crippen LogP contribution in [0.4, 0.5) is 0 Å². The lowest BCUT2D eigenvalue weighted by atomic mass is 10.0. The molecule has 1 atom stereocenters. The summed E-state index contributed by atoms with van der Waals surface area (Å²) in [6.45, 7) is 19.9. The zero-order valence-corrected chi connectivity index (χ0v) is 14.6. The molecule has 0 unspecified atom stereocenters. The second-order valence-corrected chi connectivity index (χ2v) is 5.98. The van der Waals surface area contributed by atoms with Crippen LogP contribution in [0, 0.1) is 5.92 Å². The highest BCUT2D eigenvalue weighted by atomic mass is 16.1. The van der Waals surface area contributed by atoms with Crippen LogP contribution in [0.1, 0.15) is 49.9 Å².